The molecule has 1 unspecified atom stereocenters. The molecule has 1 heterocycles. The molecule has 0 radical (unpaired) electrons. The Balaban J connectivity index is 1.60. The highest BCUT2D eigenvalue weighted by Crippen LogP contribution is 2.38. The standard InChI is InChI=1S/C22H17NO3S2/c1-13-21(23-26-14(2)24)22(25)19-10-9-18(12-20(19)27-13)28-17-8-7-15-5-3-4-6-16(15)11-17/h3-13H,1-2H3/b23-21-. The van der Waals surface area contributed by atoms with Gasteiger partial charge < -0.3 is 4.84 Å². The van der Waals surface area contributed by atoms with Gasteiger partial charge in [-0.1, -0.05) is 47.2 Å². The van der Waals surface area contributed by atoms with Gasteiger partial charge in [-0.3, -0.25) is 4.79 Å². The van der Waals surface area contributed by atoms with E-state index < -0.39 is 5.97 Å². The van der Waals surface area contributed by atoms with Gasteiger partial charge in [-0.05, 0) is 48.0 Å². The maximum Gasteiger partial charge on any atom is 0.331 e. The number of carbonyl (C=O) groups is 2. The van der Waals surface area contributed by atoms with Crippen LogP contribution in [0.3, 0.4) is 0 Å². The Labute approximate surface area is 171 Å². The van der Waals surface area contributed by atoms with Crippen molar-refractivity contribution in [2.45, 2.75) is 33.8 Å². The van der Waals surface area contributed by atoms with Gasteiger partial charge in [0.1, 0.15) is 5.71 Å². The minimum Gasteiger partial charge on any atom is -0.318 e. The van der Waals surface area contributed by atoms with Crippen molar-refractivity contribution in [3.8, 4) is 0 Å². The van der Waals surface area contributed by atoms with Crippen molar-refractivity contribution < 1.29 is 14.4 Å². The summed E-state index contributed by atoms with van der Waals surface area (Å²) in [5.41, 5.74) is 0.861. The van der Waals surface area contributed by atoms with Crippen molar-refractivity contribution >= 4 is 51.8 Å². The van der Waals surface area contributed by atoms with Crippen molar-refractivity contribution in [2.75, 3.05) is 0 Å². The summed E-state index contributed by atoms with van der Waals surface area (Å²) in [7, 11) is 0. The van der Waals surface area contributed by atoms with Crippen LogP contribution in [-0.4, -0.2) is 22.7 Å². The fourth-order valence-corrected chi connectivity index (χ4v) is 5.12. The third-order valence-electron chi connectivity index (χ3n) is 4.35. The number of Topliss-reactive ketones (excluding diaryl/α,β-unsaturated/α-hetero) is 1. The zero-order chi connectivity index (χ0) is 19.7. The lowest BCUT2D eigenvalue weighted by Gasteiger charge is -2.21. The number of nitrogens with zero attached hydrogens (tertiary/aromatic N) is 1. The molecule has 1 aliphatic rings. The van der Waals surface area contributed by atoms with Gasteiger partial charge in [-0.2, -0.15) is 0 Å². The number of oxime groups is 1. The molecule has 3 aromatic carbocycles. The first-order chi connectivity index (χ1) is 13.5. The van der Waals surface area contributed by atoms with Crippen LogP contribution >= 0.6 is 23.5 Å². The smallest absolute Gasteiger partial charge is 0.318 e. The predicted molar refractivity (Wildman–Crippen MR) is 113 cm³/mol. The number of fused-ring (bicyclic) bond motifs is 2. The molecule has 4 nitrogen and oxygen atoms in total. The van der Waals surface area contributed by atoms with Gasteiger partial charge in [-0.15, -0.1) is 11.8 Å². The third-order valence-corrected chi connectivity index (χ3v) is 6.50. The van der Waals surface area contributed by atoms with Gasteiger partial charge in [0, 0.05) is 27.2 Å². The molecule has 0 aliphatic carbocycles. The highest BCUT2D eigenvalue weighted by molar-refractivity contribution is 8.01. The molecule has 0 saturated carbocycles. The molecule has 0 saturated heterocycles. The van der Waals surface area contributed by atoms with Gasteiger partial charge in [0.2, 0.25) is 5.78 Å². The minimum absolute atomic E-state index is 0.180. The normalized spacial score (nSPS) is 17.6. The average Bonchev–Trinajstić information content (AvgIpc) is 2.67. The summed E-state index contributed by atoms with van der Waals surface area (Å²) in [6.07, 6.45) is 0. The number of benzene rings is 3. The van der Waals surface area contributed by atoms with Crippen LogP contribution in [0.1, 0.15) is 24.2 Å². The Morgan fingerprint density at radius 3 is 2.54 bits per heavy atom. The molecule has 0 aromatic heterocycles. The fourth-order valence-electron chi connectivity index (χ4n) is 3.02. The van der Waals surface area contributed by atoms with Crippen LogP contribution in [0, 0.1) is 0 Å². The van der Waals surface area contributed by atoms with Crippen molar-refractivity contribution in [3.05, 3.63) is 66.2 Å². The SMILES string of the molecule is CC(=O)O/N=C1\C(=O)c2ccc(Sc3ccc4ccccc4c3)cc2SC1C. The summed E-state index contributed by atoms with van der Waals surface area (Å²) in [5.74, 6) is -0.727. The molecule has 4 rings (SSSR count). The van der Waals surface area contributed by atoms with Gasteiger partial charge in [0.15, 0.2) is 0 Å². The maximum atomic E-state index is 12.7. The Morgan fingerprint density at radius 1 is 1.04 bits per heavy atom. The number of hydrogen-bond donors (Lipinski definition) is 0. The molecular formula is C22H17NO3S2. The van der Waals surface area contributed by atoms with E-state index in [1.54, 1.807) is 23.5 Å². The van der Waals surface area contributed by atoms with Gasteiger partial charge in [0.25, 0.3) is 0 Å². The van der Waals surface area contributed by atoms with Crippen LogP contribution in [0.5, 0.6) is 0 Å². The van der Waals surface area contributed by atoms with Gasteiger partial charge >= 0.3 is 5.97 Å². The van der Waals surface area contributed by atoms with Crippen LogP contribution in [0.4, 0.5) is 0 Å². The summed E-state index contributed by atoms with van der Waals surface area (Å²) in [4.78, 5) is 31.5. The molecule has 0 bridgehead atoms. The first kappa shape index (κ1) is 18.8. The Kier molecular flexibility index (Phi) is 5.24. The van der Waals surface area contributed by atoms with Crippen LogP contribution in [-0.2, 0) is 9.63 Å². The molecule has 1 atom stereocenters. The topological polar surface area (TPSA) is 55.7 Å². The van der Waals surface area contributed by atoms with Crippen LogP contribution < -0.4 is 0 Å². The number of hydrogen-bond acceptors (Lipinski definition) is 6. The molecule has 1 aliphatic heterocycles. The zero-order valence-electron chi connectivity index (χ0n) is 15.3. The van der Waals surface area contributed by atoms with Crippen molar-refractivity contribution in [3.63, 3.8) is 0 Å². The summed E-state index contributed by atoms with van der Waals surface area (Å²) in [6.45, 7) is 3.15. The van der Waals surface area contributed by atoms with Crippen LogP contribution in [0.25, 0.3) is 10.8 Å². The molecule has 0 N–H and O–H groups in total. The van der Waals surface area contributed by atoms with E-state index in [1.807, 2.05) is 37.3 Å². The molecule has 3 aromatic rings. The lowest BCUT2D eigenvalue weighted by atomic mass is 10.0. The second-order valence-corrected chi connectivity index (χ2v) is 8.95. The molecule has 0 spiro atoms. The van der Waals surface area contributed by atoms with Gasteiger partial charge in [0.05, 0.1) is 5.25 Å². The monoisotopic (exact) mass is 407 g/mol. The predicted octanol–water partition coefficient (Wildman–Crippen LogP) is 5.59. The van der Waals surface area contributed by atoms with E-state index in [0.717, 1.165) is 14.7 Å². The number of thioether (sulfide) groups is 1. The Bertz CT molecular complexity index is 1120. The minimum atomic E-state index is -0.537. The van der Waals surface area contributed by atoms with E-state index in [4.69, 9.17) is 0 Å². The van der Waals surface area contributed by atoms with E-state index >= 15 is 0 Å². The van der Waals surface area contributed by atoms with Gasteiger partial charge in [-0.25, -0.2) is 4.79 Å². The highest BCUT2D eigenvalue weighted by Gasteiger charge is 2.31. The van der Waals surface area contributed by atoms with Crippen molar-refractivity contribution in [1.29, 1.82) is 0 Å². The van der Waals surface area contributed by atoms with E-state index in [-0.39, 0.29) is 16.7 Å². The summed E-state index contributed by atoms with van der Waals surface area (Å²) in [5, 5.41) is 5.99. The Morgan fingerprint density at radius 2 is 1.75 bits per heavy atom. The fraction of sp³-hybridized carbons (Fsp3) is 0.136. The second-order valence-electron chi connectivity index (χ2n) is 6.42. The van der Waals surface area contributed by atoms with E-state index in [0.29, 0.717) is 5.56 Å². The average molecular weight is 408 g/mol. The largest absolute Gasteiger partial charge is 0.331 e. The van der Waals surface area contributed by atoms with E-state index in [1.165, 1.54) is 17.7 Å². The molecule has 140 valence electrons. The molecule has 0 fully saturated rings. The van der Waals surface area contributed by atoms with Crippen molar-refractivity contribution in [1.82, 2.24) is 0 Å². The number of carbonyl (C=O) groups excluding carboxylic acids is 2. The lowest BCUT2D eigenvalue weighted by molar-refractivity contribution is -0.140. The zero-order valence-corrected chi connectivity index (χ0v) is 17.0. The second kappa shape index (κ2) is 7.81. The quantitative estimate of drug-likeness (QED) is 0.419. The number of rotatable bonds is 3. The summed E-state index contributed by atoms with van der Waals surface area (Å²) >= 11 is 3.21. The maximum absolute atomic E-state index is 12.7. The molecule has 0 amide bonds. The highest BCUT2D eigenvalue weighted by atomic mass is 32.2. The van der Waals surface area contributed by atoms with E-state index in [9.17, 15) is 9.59 Å². The Hall–Kier alpha value is -2.57. The summed E-state index contributed by atoms with van der Waals surface area (Å²) < 4.78 is 0. The lowest BCUT2D eigenvalue weighted by Crippen LogP contribution is -2.29. The number of ketones is 1. The first-order valence-electron chi connectivity index (χ1n) is 8.79. The van der Waals surface area contributed by atoms with Crippen LogP contribution in [0.2, 0.25) is 0 Å². The molecular weight excluding hydrogens is 390 g/mol. The van der Waals surface area contributed by atoms with Crippen LogP contribution in [0.15, 0.2) is 80.5 Å². The van der Waals surface area contributed by atoms with E-state index in [2.05, 4.69) is 40.3 Å². The summed E-state index contributed by atoms with van der Waals surface area (Å²) in [6, 6.07) is 20.5. The van der Waals surface area contributed by atoms with Crippen molar-refractivity contribution in [2.24, 2.45) is 5.16 Å². The molecule has 28 heavy (non-hydrogen) atoms. The first-order valence-corrected chi connectivity index (χ1v) is 10.5. The molecule has 6 heteroatoms. The third kappa shape index (κ3) is 3.84.